The van der Waals surface area contributed by atoms with Crippen LogP contribution in [-0.2, 0) is 0 Å². The lowest BCUT2D eigenvalue weighted by Crippen LogP contribution is -2.39. The van der Waals surface area contributed by atoms with Gasteiger partial charge in [0, 0.05) is 18.2 Å². The summed E-state index contributed by atoms with van der Waals surface area (Å²) in [6.07, 6.45) is 4.72. The van der Waals surface area contributed by atoms with Crippen molar-refractivity contribution in [1.29, 1.82) is 0 Å². The highest BCUT2D eigenvalue weighted by atomic mass is 16.4. The van der Waals surface area contributed by atoms with Crippen molar-refractivity contribution in [2.75, 3.05) is 25.5 Å². The molecule has 2 aliphatic rings. The van der Waals surface area contributed by atoms with E-state index in [-0.39, 0.29) is 0 Å². The lowest BCUT2D eigenvalue weighted by atomic mass is 9.98. The molecule has 6 nitrogen and oxygen atoms in total. The second-order valence-corrected chi connectivity index (χ2v) is 8.29. The Morgan fingerprint density at radius 1 is 1.18 bits per heavy atom. The van der Waals surface area contributed by atoms with Crippen molar-refractivity contribution in [3.8, 4) is 17.0 Å². The molecule has 5 rings (SSSR count). The summed E-state index contributed by atoms with van der Waals surface area (Å²) in [4.78, 5) is 11.5. The minimum atomic E-state index is 0.292. The Morgan fingerprint density at radius 2 is 2.04 bits per heavy atom. The van der Waals surface area contributed by atoms with E-state index in [1.165, 1.54) is 24.8 Å². The van der Waals surface area contributed by atoms with Gasteiger partial charge in [0.15, 0.2) is 5.58 Å². The van der Waals surface area contributed by atoms with Crippen LogP contribution in [0, 0.1) is 6.92 Å². The van der Waals surface area contributed by atoms with E-state index in [1.807, 2.05) is 25.1 Å². The van der Waals surface area contributed by atoms with Crippen molar-refractivity contribution >= 4 is 17.2 Å². The van der Waals surface area contributed by atoms with Gasteiger partial charge < -0.3 is 19.7 Å². The molecular weight excluding hydrogens is 352 g/mol. The Balaban J connectivity index is 1.44. The van der Waals surface area contributed by atoms with Crippen molar-refractivity contribution in [1.82, 2.24) is 14.9 Å². The molecule has 0 spiro atoms. The Bertz CT molecular complexity index is 1000. The third-order valence-electron chi connectivity index (χ3n) is 5.85. The number of benzene rings is 1. The number of phenols is 1. The molecule has 2 N–H and O–H groups in total. The lowest BCUT2D eigenvalue weighted by molar-refractivity contribution is 0.259. The van der Waals surface area contributed by atoms with Crippen LogP contribution in [0.3, 0.4) is 0 Å². The molecule has 1 aromatic carbocycles. The first-order chi connectivity index (χ1) is 13.6. The fraction of sp³-hybridized carbons (Fsp3) is 0.455. The summed E-state index contributed by atoms with van der Waals surface area (Å²) in [5, 5.41) is 14.0. The van der Waals surface area contributed by atoms with Gasteiger partial charge in [-0.05, 0) is 81.4 Å². The number of aromatic hydroxyl groups is 1. The van der Waals surface area contributed by atoms with Crippen LogP contribution in [0.5, 0.6) is 5.75 Å². The van der Waals surface area contributed by atoms with E-state index in [1.54, 1.807) is 0 Å². The number of aromatic nitrogens is 2. The van der Waals surface area contributed by atoms with Gasteiger partial charge in [0.1, 0.15) is 5.75 Å². The zero-order valence-corrected chi connectivity index (χ0v) is 16.4. The third kappa shape index (κ3) is 3.33. The highest BCUT2D eigenvalue weighted by Gasteiger charge is 2.25. The highest BCUT2D eigenvalue weighted by molar-refractivity contribution is 5.78. The molecule has 28 heavy (non-hydrogen) atoms. The first kappa shape index (κ1) is 17.5. The summed E-state index contributed by atoms with van der Waals surface area (Å²) in [5.41, 5.74) is 4.99. The van der Waals surface area contributed by atoms with Gasteiger partial charge in [-0.3, -0.25) is 0 Å². The number of oxazole rings is 1. The standard InChI is InChI=1S/C22H26N4O2/c1-13-10-15(14-5-6-14)11-18(27)20(13)17-7-8-19-21(24-17)25-22(28-19)23-16-4-3-9-26(2)12-16/h7-8,10-11,14,16,27H,3-6,9,12H2,1-2H3,(H,23,24,25)/t16-/m1/s1. The smallest absolute Gasteiger partial charge is 0.297 e. The largest absolute Gasteiger partial charge is 0.507 e. The highest BCUT2D eigenvalue weighted by Crippen LogP contribution is 2.44. The van der Waals surface area contributed by atoms with Crippen LogP contribution in [0.25, 0.3) is 22.5 Å². The molecule has 3 heterocycles. The molecule has 3 aromatic rings. The number of rotatable bonds is 4. The van der Waals surface area contributed by atoms with Gasteiger partial charge in [-0.2, -0.15) is 4.98 Å². The number of likely N-dealkylation sites (tertiary alicyclic amines) is 1. The number of piperidine rings is 1. The van der Waals surface area contributed by atoms with Gasteiger partial charge in [0.2, 0.25) is 5.65 Å². The summed E-state index contributed by atoms with van der Waals surface area (Å²) < 4.78 is 5.85. The van der Waals surface area contributed by atoms with Crippen molar-refractivity contribution in [2.24, 2.45) is 0 Å². The van der Waals surface area contributed by atoms with Crippen LogP contribution in [0.4, 0.5) is 6.01 Å². The molecule has 146 valence electrons. The van der Waals surface area contributed by atoms with Crippen LogP contribution in [-0.4, -0.2) is 46.2 Å². The minimum Gasteiger partial charge on any atom is -0.507 e. The average Bonchev–Trinajstić information content (AvgIpc) is 3.42. The molecule has 1 atom stereocenters. The number of hydrogen-bond donors (Lipinski definition) is 2. The number of fused-ring (bicyclic) bond motifs is 1. The van der Waals surface area contributed by atoms with Crippen LogP contribution < -0.4 is 5.32 Å². The van der Waals surface area contributed by atoms with E-state index < -0.39 is 0 Å². The van der Waals surface area contributed by atoms with Crippen molar-refractivity contribution in [3.05, 3.63) is 35.4 Å². The van der Waals surface area contributed by atoms with Gasteiger partial charge in [-0.15, -0.1) is 0 Å². The molecule has 2 aromatic heterocycles. The van der Waals surface area contributed by atoms with Gasteiger partial charge in [0.25, 0.3) is 6.01 Å². The average molecular weight is 378 g/mol. The molecule has 0 radical (unpaired) electrons. The molecule has 1 saturated heterocycles. The van der Waals surface area contributed by atoms with Crippen LogP contribution >= 0.6 is 0 Å². The van der Waals surface area contributed by atoms with E-state index >= 15 is 0 Å². The number of hydrogen-bond acceptors (Lipinski definition) is 6. The Morgan fingerprint density at radius 3 is 2.79 bits per heavy atom. The summed E-state index contributed by atoms with van der Waals surface area (Å²) >= 11 is 0. The van der Waals surface area contributed by atoms with Gasteiger partial charge in [-0.1, -0.05) is 6.07 Å². The summed E-state index contributed by atoms with van der Waals surface area (Å²) in [5.74, 6) is 0.901. The lowest BCUT2D eigenvalue weighted by Gasteiger charge is -2.29. The maximum absolute atomic E-state index is 10.6. The predicted molar refractivity (Wildman–Crippen MR) is 110 cm³/mol. The summed E-state index contributed by atoms with van der Waals surface area (Å²) in [6.45, 7) is 4.15. The van der Waals surface area contributed by atoms with Crippen molar-refractivity contribution < 1.29 is 9.52 Å². The zero-order chi connectivity index (χ0) is 19.3. The van der Waals surface area contributed by atoms with Gasteiger partial charge >= 0.3 is 0 Å². The maximum atomic E-state index is 10.6. The van der Waals surface area contributed by atoms with E-state index in [0.29, 0.717) is 35.0 Å². The molecule has 0 unspecified atom stereocenters. The van der Waals surface area contributed by atoms with Crippen LogP contribution in [0.1, 0.15) is 42.7 Å². The number of nitrogens with zero attached hydrogens (tertiary/aromatic N) is 3. The van der Waals surface area contributed by atoms with E-state index in [9.17, 15) is 5.11 Å². The Labute approximate surface area is 164 Å². The van der Waals surface area contributed by atoms with Gasteiger partial charge in [-0.25, -0.2) is 4.98 Å². The second-order valence-electron chi connectivity index (χ2n) is 8.29. The van der Waals surface area contributed by atoms with Crippen molar-refractivity contribution in [2.45, 2.75) is 44.6 Å². The van der Waals surface area contributed by atoms with Crippen LogP contribution in [0.15, 0.2) is 28.7 Å². The molecule has 1 aliphatic heterocycles. The number of aryl methyl sites for hydroxylation is 1. The molecule has 1 saturated carbocycles. The number of anilines is 1. The van der Waals surface area contributed by atoms with Gasteiger partial charge in [0.05, 0.1) is 5.69 Å². The maximum Gasteiger partial charge on any atom is 0.297 e. The number of pyridine rings is 1. The molecular formula is C22H26N4O2. The summed E-state index contributed by atoms with van der Waals surface area (Å²) in [6, 6.07) is 8.70. The Hall–Kier alpha value is -2.60. The Kier molecular flexibility index (Phi) is 4.23. The summed E-state index contributed by atoms with van der Waals surface area (Å²) in [7, 11) is 2.14. The molecule has 0 amide bonds. The second kappa shape index (κ2) is 6.78. The fourth-order valence-electron chi connectivity index (χ4n) is 4.26. The number of nitrogens with one attached hydrogen (secondary N) is 1. The van der Waals surface area contributed by atoms with Crippen LogP contribution in [0.2, 0.25) is 0 Å². The van der Waals surface area contributed by atoms with E-state index in [2.05, 4.69) is 33.3 Å². The first-order valence-electron chi connectivity index (χ1n) is 10.1. The normalized spacial score (nSPS) is 20.6. The topological polar surface area (TPSA) is 74.4 Å². The fourth-order valence-corrected chi connectivity index (χ4v) is 4.26. The predicted octanol–water partition coefficient (Wildman–Crippen LogP) is 4.29. The SMILES string of the molecule is Cc1cc(C2CC2)cc(O)c1-c1ccc2oc(N[C@@H]3CCCN(C)C3)nc2n1. The van der Waals surface area contributed by atoms with E-state index in [4.69, 9.17) is 4.42 Å². The quantitative estimate of drug-likeness (QED) is 0.706. The molecule has 0 bridgehead atoms. The minimum absolute atomic E-state index is 0.292. The molecule has 6 heteroatoms. The monoisotopic (exact) mass is 378 g/mol. The first-order valence-corrected chi connectivity index (χ1v) is 10.1. The third-order valence-corrected chi connectivity index (χ3v) is 5.85. The molecule has 2 fully saturated rings. The number of phenolic OH excluding ortho intramolecular Hbond substituents is 1. The van der Waals surface area contributed by atoms with Crippen molar-refractivity contribution in [3.63, 3.8) is 0 Å². The molecule has 1 aliphatic carbocycles. The number of likely N-dealkylation sites (N-methyl/N-ethyl adjacent to an activating group) is 1. The zero-order valence-electron chi connectivity index (χ0n) is 16.4. The van der Waals surface area contributed by atoms with E-state index in [0.717, 1.165) is 36.3 Å².